The highest BCUT2D eigenvalue weighted by atomic mass is 32.2. The van der Waals surface area contributed by atoms with Gasteiger partial charge >= 0.3 is 6.18 Å². The molecule has 0 saturated heterocycles. The number of thioether (sulfide) groups is 1. The summed E-state index contributed by atoms with van der Waals surface area (Å²) in [6.45, 7) is 3.87. The van der Waals surface area contributed by atoms with Gasteiger partial charge in [-0.15, -0.1) is 11.3 Å². The number of amides is 1. The Kier molecular flexibility index (Phi) is 6.75. The number of alkyl halides is 3. The summed E-state index contributed by atoms with van der Waals surface area (Å²) in [5.74, 6) is -1.19. The Bertz CT molecular complexity index is 1170. The smallest absolute Gasteiger partial charge is 0.346 e. The fourth-order valence-corrected chi connectivity index (χ4v) is 5.14. The monoisotopic (exact) mass is 473 g/mol. The molecule has 1 atom stereocenters. The maximum Gasteiger partial charge on any atom is 0.405 e. The summed E-state index contributed by atoms with van der Waals surface area (Å²) < 4.78 is 51.8. The van der Waals surface area contributed by atoms with Gasteiger partial charge in [0.05, 0.1) is 10.6 Å². The molecule has 0 fully saturated rings. The normalized spacial score (nSPS) is 12.9. The van der Waals surface area contributed by atoms with Gasteiger partial charge in [-0.2, -0.15) is 13.2 Å². The van der Waals surface area contributed by atoms with Crippen LogP contribution in [-0.2, 0) is 11.3 Å². The number of hydrogen-bond acceptors (Lipinski definition) is 5. The van der Waals surface area contributed by atoms with Crippen LogP contribution in [0.2, 0.25) is 0 Å². The molecule has 0 spiro atoms. The third-order valence-electron chi connectivity index (χ3n) is 4.52. The van der Waals surface area contributed by atoms with Gasteiger partial charge in [0.15, 0.2) is 5.16 Å². The summed E-state index contributed by atoms with van der Waals surface area (Å²) in [7, 11) is 0. The van der Waals surface area contributed by atoms with Crippen molar-refractivity contribution >= 4 is 39.2 Å². The van der Waals surface area contributed by atoms with E-state index in [1.165, 1.54) is 35.0 Å². The van der Waals surface area contributed by atoms with Gasteiger partial charge in [0.1, 0.15) is 17.2 Å². The zero-order chi connectivity index (χ0) is 22.9. The van der Waals surface area contributed by atoms with Crippen molar-refractivity contribution in [2.24, 2.45) is 0 Å². The molecule has 0 aliphatic rings. The van der Waals surface area contributed by atoms with Crippen LogP contribution in [0, 0.1) is 12.7 Å². The lowest BCUT2D eigenvalue weighted by molar-refractivity contribution is -0.137. The number of carbonyl (C=O) groups excluding carboxylic acids is 1. The molecule has 0 saturated carbocycles. The SMILES string of the molecule is CCn1c(SC(C)C(=O)NCC(F)(F)F)nc2sc(C)c(-c3ccc(F)cc3)c2c1=O. The Morgan fingerprint density at radius 3 is 2.52 bits per heavy atom. The summed E-state index contributed by atoms with van der Waals surface area (Å²) in [4.78, 5) is 31.1. The summed E-state index contributed by atoms with van der Waals surface area (Å²) in [5.41, 5.74) is 1.04. The standard InChI is InChI=1S/C20H19F4N3O2S2/c1-4-27-18(29)15-14(12-5-7-13(21)8-6-12)10(2)30-17(15)26-19(27)31-11(3)16(28)25-9-20(22,23)24/h5-8,11H,4,9H2,1-3H3,(H,25,28). The van der Waals surface area contributed by atoms with E-state index >= 15 is 0 Å². The zero-order valence-electron chi connectivity index (χ0n) is 16.8. The number of carbonyl (C=O) groups is 1. The Labute approximate surface area is 183 Å². The molecule has 1 N–H and O–H groups in total. The van der Waals surface area contributed by atoms with Crippen molar-refractivity contribution in [3.63, 3.8) is 0 Å². The lowest BCUT2D eigenvalue weighted by Gasteiger charge is -2.15. The topological polar surface area (TPSA) is 64.0 Å². The first-order chi connectivity index (χ1) is 14.5. The molecule has 11 heteroatoms. The van der Waals surface area contributed by atoms with Crippen LogP contribution in [0.1, 0.15) is 18.7 Å². The van der Waals surface area contributed by atoms with Gasteiger partial charge in [-0.1, -0.05) is 23.9 Å². The molecule has 166 valence electrons. The number of thiophene rings is 1. The highest BCUT2D eigenvalue weighted by Crippen LogP contribution is 2.37. The first-order valence-corrected chi connectivity index (χ1v) is 11.0. The van der Waals surface area contributed by atoms with Gasteiger partial charge in [-0.05, 0) is 38.5 Å². The van der Waals surface area contributed by atoms with Crippen molar-refractivity contribution in [1.82, 2.24) is 14.9 Å². The van der Waals surface area contributed by atoms with Crippen LogP contribution in [-0.4, -0.2) is 33.4 Å². The second-order valence-electron chi connectivity index (χ2n) is 6.76. The van der Waals surface area contributed by atoms with E-state index in [0.717, 1.165) is 16.6 Å². The van der Waals surface area contributed by atoms with Crippen LogP contribution in [0.15, 0.2) is 34.2 Å². The van der Waals surface area contributed by atoms with Crippen molar-refractivity contribution in [3.05, 3.63) is 45.3 Å². The lowest BCUT2D eigenvalue weighted by Crippen LogP contribution is -2.38. The van der Waals surface area contributed by atoms with Crippen molar-refractivity contribution < 1.29 is 22.4 Å². The van der Waals surface area contributed by atoms with Crippen molar-refractivity contribution in [2.75, 3.05) is 6.54 Å². The third kappa shape index (κ3) is 5.09. The van der Waals surface area contributed by atoms with E-state index in [4.69, 9.17) is 0 Å². The van der Waals surface area contributed by atoms with Crippen LogP contribution in [0.25, 0.3) is 21.3 Å². The minimum absolute atomic E-state index is 0.251. The van der Waals surface area contributed by atoms with Gasteiger partial charge in [0.25, 0.3) is 5.56 Å². The molecule has 1 amide bonds. The van der Waals surface area contributed by atoms with Crippen LogP contribution >= 0.6 is 23.1 Å². The predicted molar refractivity (Wildman–Crippen MR) is 114 cm³/mol. The van der Waals surface area contributed by atoms with Gasteiger partial charge in [0.2, 0.25) is 5.91 Å². The molecule has 1 unspecified atom stereocenters. The molecular weight excluding hydrogens is 454 g/mol. The Morgan fingerprint density at radius 1 is 1.29 bits per heavy atom. The molecule has 0 aliphatic heterocycles. The van der Waals surface area contributed by atoms with E-state index in [1.54, 1.807) is 19.1 Å². The molecule has 2 aromatic heterocycles. The molecule has 3 aromatic rings. The maximum atomic E-state index is 13.3. The fraction of sp³-hybridized carbons (Fsp3) is 0.350. The van der Waals surface area contributed by atoms with E-state index in [0.29, 0.717) is 21.3 Å². The van der Waals surface area contributed by atoms with Crippen molar-refractivity contribution in [3.8, 4) is 11.1 Å². The summed E-state index contributed by atoms with van der Waals surface area (Å²) in [5, 5.41) is 1.61. The first kappa shape index (κ1) is 23.3. The molecule has 0 bridgehead atoms. The van der Waals surface area contributed by atoms with E-state index in [-0.39, 0.29) is 23.1 Å². The number of nitrogens with one attached hydrogen (secondary N) is 1. The second-order valence-corrected chi connectivity index (χ2v) is 9.27. The molecule has 3 rings (SSSR count). The summed E-state index contributed by atoms with van der Waals surface area (Å²) in [6, 6.07) is 5.82. The number of rotatable bonds is 6. The molecule has 0 radical (unpaired) electrons. The number of hydrogen-bond donors (Lipinski definition) is 1. The quantitative estimate of drug-likeness (QED) is 0.319. The number of benzene rings is 1. The number of aromatic nitrogens is 2. The lowest BCUT2D eigenvalue weighted by atomic mass is 10.0. The van der Waals surface area contributed by atoms with Crippen LogP contribution in [0.4, 0.5) is 17.6 Å². The second kappa shape index (κ2) is 8.99. The zero-order valence-corrected chi connectivity index (χ0v) is 18.5. The Hall–Kier alpha value is -2.40. The number of halogens is 4. The van der Waals surface area contributed by atoms with Gasteiger partial charge < -0.3 is 5.32 Å². The van der Waals surface area contributed by atoms with Gasteiger partial charge in [-0.25, -0.2) is 9.37 Å². The highest BCUT2D eigenvalue weighted by Gasteiger charge is 2.29. The van der Waals surface area contributed by atoms with Crippen molar-refractivity contribution in [1.29, 1.82) is 0 Å². The minimum atomic E-state index is -4.51. The Morgan fingerprint density at radius 2 is 1.94 bits per heavy atom. The number of nitrogens with zero attached hydrogens (tertiary/aromatic N) is 2. The molecule has 5 nitrogen and oxygen atoms in total. The first-order valence-electron chi connectivity index (χ1n) is 9.32. The molecule has 2 heterocycles. The minimum Gasteiger partial charge on any atom is -0.346 e. The third-order valence-corrected chi connectivity index (χ3v) is 6.61. The van der Waals surface area contributed by atoms with Crippen LogP contribution in [0.5, 0.6) is 0 Å². The molecule has 0 aliphatic carbocycles. The van der Waals surface area contributed by atoms with Gasteiger partial charge in [-0.3, -0.25) is 14.2 Å². The largest absolute Gasteiger partial charge is 0.405 e. The summed E-state index contributed by atoms with van der Waals surface area (Å²) >= 11 is 2.22. The average molecular weight is 474 g/mol. The fourth-order valence-electron chi connectivity index (χ4n) is 3.05. The predicted octanol–water partition coefficient (Wildman–Crippen LogP) is 4.75. The summed E-state index contributed by atoms with van der Waals surface area (Å²) in [6.07, 6.45) is -4.51. The van der Waals surface area contributed by atoms with E-state index in [2.05, 4.69) is 4.98 Å². The van der Waals surface area contributed by atoms with Crippen LogP contribution in [0.3, 0.4) is 0 Å². The van der Waals surface area contributed by atoms with E-state index in [9.17, 15) is 27.2 Å². The number of fused-ring (bicyclic) bond motifs is 1. The van der Waals surface area contributed by atoms with E-state index < -0.39 is 23.9 Å². The molecular formula is C20H19F4N3O2S2. The van der Waals surface area contributed by atoms with Crippen LogP contribution < -0.4 is 10.9 Å². The van der Waals surface area contributed by atoms with Crippen molar-refractivity contribution in [2.45, 2.75) is 43.9 Å². The van der Waals surface area contributed by atoms with Gasteiger partial charge in [0, 0.05) is 17.0 Å². The maximum absolute atomic E-state index is 13.3. The molecule has 31 heavy (non-hydrogen) atoms. The number of aryl methyl sites for hydroxylation is 1. The molecule has 1 aromatic carbocycles. The Balaban J connectivity index is 2.00. The van der Waals surface area contributed by atoms with E-state index in [1.807, 2.05) is 12.2 Å². The average Bonchev–Trinajstić information content (AvgIpc) is 3.02. The highest BCUT2D eigenvalue weighted by molar-refractivity contribution is 8.00.